The minimum atomic E-state index is 0.884. The molecule has 0 spiro atoms. The first kappa shape index (κ1) is 36.5. The van der Waals surface area contributed by atoms with Gasteiger partial charge in [0, 0.05) is 44.3 Å². The number of rotatable bonds is 8. The Labute approximate surface area is 366 Å². The fourth-order valence-electron chi connectivity index (χ4n) is 9.41. The molecule has 10 aromatic carbocycles. The van der Waals surface area contributed by atoms with Crippen molar-refractivity contribution < 1.29 is 4.42 Å². The molecule has 0 fully saturated rings. The van der Waals surface area contributed by atoms with Crippen molar-refractivity contribution in [2.75, 3.05) is 4.90 Å². The molecule has 12 aromatic rings. The fourth-order valence-corrected chi connectivity index (χ4v) is 9.41. The van der Waals surface area contributed by atoms with E-state index >= 15 is 0 Å². The molecule has 0 atom stereocenters. The van der Waals surface area contributed by atoms with Crippen molar-refractivity contribution in [2.45, 2.75) is 0 Å². The van der Waals surface area contributed by atoms with Crippen LogP contribution in [0.1, 0.15) is 0 Å². The van der Waals surface area contributed by atoms with Crippen molar-refractivity contribution in [3.05, 3.63) is 243 Å². The van der Waals surface area contributed by atoms with Crippen molar-refractivity contribution in [1.29, 1.82) is 0 Å². The molecule has 3 heteroatoms. The van der Waals surface area contributed by atoms with Crippen LogP contribution >= 0.6 is 0 Å². The van der Waals surface area contributed by atoms with E-state index in [-0.39, 0.29) is 0 Å². The molecule has 0 N–H and O–H groups in total. The van der Waals surface area contributed by atoms with E-state index in [0.29, 0.717) is 0 Å². The Morgan fingerprint density at radius 1 is 0.286 bits per heavy atom. The zero-order valence-electron chi connectivity index (χ0n) is 34.4. The van der Waals surface area contributed by atoms with Crippen LogP contribution in [0.4, 0.5) is 17.1 Å². The van der Waals surface area contributed by atoms with E-state index in [1.807, 2.05) is 12.1 Å². The van der Waals surface area contributed by atoms with Crippen LogP contribution in [-0.4, -0.2) is 4.57 Å². The van der Waals surface area contributed by atoms with Crippen LogP contribution in [0.2, 0.25) is 0 Å². The molecule has 2 heterocycles. The summed E-state index contributed by atoms with van der Waals surface area (Å²) in [6, 6.07) is 87.3. The van der Waals surface area contributed by atoms with Crippen molar-refractivity contribution in [1.82, 2.24) is 4.57 Å². The van der Waals surface area contributed by atoms with Crippen LogP contribution in [0.15, 0.2) is 247 Å². The van der Waals surface area contributed by atoms with Gasteiger partial charge in [0.05, 0.1) is 11.0 Å². The first-order valence-electron chi connectivity index (χ1n) is 21.5. The van der Waals surface area contributed by atoms with Gasteiger partial charge in [0.15, 0.2) is 0 Å². The van der Waals surface area contributed by atoms with E-state index in [2.05, 4.69) is 240 Å². The molecule has 0 saturated heterocycles. The maximum Gasteiger partial charge on any atom is 0.135 e. The molecule has 0 unspecified atom stereocenters. The lowest BCUT2D eigenvalue weighted by Gasteiger charge is -2.26. The fraction of sp³-hybridized carbons (Fsp3) is 0. The van der Waals surface area contributed by atoms with Gasteiger partial charge in [-0.15, -0.1) is 0 Å². The topological polar surface area (TPSA) is 21.3 Å². The number of para-hydroxylation sites is 4. The maximum atomic E-state index is 6.32. The van der Waals surface area contributed by atoms with Gasteiger partial charge in [-0.1, -0.05) is 158 Å². The number of aromatic nitrogens is 1. The third kappa shape index (κ3) is 6.46. The molecule has 0 bridgehead atoms. The SMILES string of the molecule is c1ccc(-c2cccc(N(c3ccccc3)c3cccc(-c4ccc(-c5ccc6c7ccccc7n(-c7ccccc7)c6c5)cc4-c4ccc5oc6ccccc6c5c4)c3)c2)cc1. The maximum absolute atomic E-state index is 6.32. The molecule has 3 nitrogen and oxygen atoms in total. The predicted molar refractivity (Wildman–Crippen MR) is 264 cm³/mol. The Kier molecular flexibility index (Phi) is 8.83. The van der Waals surface area contributed by atoms with Crippen LogP contribution in [0, 0.1) is 0 Å². The number of hydrogen-bond donors (Lipinski definition) is 0. The Hall–Kier alpha value is -8.40. The van der Waals surface area contributed by atoms with Crippen molar-refractivity contribution >= 4 is 60.8 Å². The molecule has 296 valence electrons. The van der Waals surface area contributed by atoms with Crippen LogP contribution < -0.4 is 4.90 Å². The molecular weight excluding hydrogens is 765 g/mol. The van der Waals surface area contributed by atoms with Gasteiger partial charge in [0.2, 0.25) is 0 Å². The van der Waals surface area contributed by atoms with Gasteiger partial charge in [-0.2, -0.15) is 0 Å². The minimum absolute atomic E-state index is 0.884. The van der Waals surface area contributed by atoms with Gasteiger partial charge >= 0.3 is 0 Å². The normalized spacial score (nSPS) is 11.5. The average Bonchev–Trinajstić information content (AvgIpc) is 3.90. The van der Waals surface area contributed by atoms with Crippen LogP contribution in [0.25, 0.3) is 93.9 Å². The predicted octanol–water partition coefficient (Wildman–Crippen LogP) is 16.8. The highest BCUT2D eigenvalue weighted by Gasteiger charge is 2.19. The zero-order chi connectivity index (χ0) is 41.7. The lowest BCUT2D eigenvalue weighted by atomic mass is 9.90. The van der Waals surface area contributed by atoms with E-state index in [1.54, 1.807) is 0 Å². The van der Waals surface area contributed by atoms with Gasteiger partial charge in [0.1, 0.15) is 11.2 Å². The highest BCUT2D eigenvalue weighted by molar-refractivity contribution is 6.11. The highest BCUT2D eigenvalue weighted by atomic mass is 16.3. The summed E-state index contributed by atoms with van der Waals surface area (Å²) in [7, 11) is 0. The van der Waals surface area contributed by atoms with E-state index in [9.17, 15) is 0 Å². The molecule has 63 heavy (non-hydrogen) atoms. The van der Waals surface area contributed by atoms with Crippen LogP contribution in [0.3, 0.4) is 0 Å². The van der Waals surface area contributed by atoms with Gasteiger partial charge in [-0.3, -0.25) is 0 Å². The van der Waals surface area contributed by atoms with E-state index in [0.717, 1.165) is 78.1 Å². The Balaban J connectivity index is 1.04. The number of anilines is 3. The van der Waals surface area contributed by atoms with E-state index in [1.165, 1.54) is 32.9 Å². The first-order valence-corrected chi connectivity index (χ1v) is 21.5. The second-order valence-corrected chi connectivity index (χ2v) is 16.1. The number of benzene rings is 10. The molecule has 0 saturated carbocycles. The second-order valence-electron chi connectivity index (χ2n) is 16.1. The molecule has 12 rings (SSSR count). The quantitative estimate of drug-likeness (QED) is 0.153. The summed E-state index contributed by atoms with van der Waals surface area (Å²) in [5, 5.41) is 4.71. The van der Waals surface area contributed by atoms with Gasteiger partial charge in [-0.25, -0.2) is 0 Å². The molecule has 0 radical (unpaired) electrons. The summed E-state index contributed by atoms with van der Waals surface area (Å²) in [4.78, 5) is 2.36. The minimum Gasteiger partial charge on any atom is -0.456 e. The van der Waals surface area contributed by atoms with E-state index in [4.69, 9.17) is 4.42 Å². The number of furan rings is 1. The smallest absolute Gasteiger partial charge is 0.135 e. The largest absolute Gasteiger partial charge is 0.456 e. The highest BCUT2D eigenvalue weighted by Crippen LogP contribution is 2.43. The summed E-state index contributed by atoms with van der Waals surface area (Å²) in [6.07, 6.45) is 0. The number of hydrogen-bond acceptors (Lipinski definition) is 2. The summed E-state index contributed by atoms with van der Waals surface area (Å²) in [6.45, 7) is 0. The zero-order valence-corrected chi connectivity index (χ0v) is 34.4. The molecule has 0 aliphatic heterocycles. The Bertz CT molecular complexity index is 3620. The second kappa shape index (κ2) is 15.3. The standard InChI is InChI=1S/C60H40N2O/c1-4-16-41(17-5-1)42-18-14-24-49(36-42)61(47-20-6-2-7-21-47)50-25-15-19-45(37-50)51-33-30-43(38-55(51)46-32-35-60-56(39-46)54-27-11-13-29-59(54)63-60)44-31-34-53-52-26-10-12-28-57(52)62(58(53)40-44)48-22-8-3-9-23-48/h1-40H. The van der Waals surface area contributed by atoms with Gasteiger partial charge in [0.25, 0.3) is 0 Å². The Morgan fingerprint density at radius 3 is 1.63 bits per heavy atom. The number of fused-ring (bicyclic) bond motifs is 6. The summed E-state index contributed by atoms with van der Waals surface area (Å²) < 4.78 is 8.71. The summed E-state index contributed by atoms with van der Waals surface area (Å²) in [5.41, 5.74) is 17.8. The summed E-state index contributed by atoms with van der Waals surface area (Å²) in [5.74, 6) is 0. The lowest BCUT2D eigenvalue weighted by Crippen LogP contribution is -2.10. The lowest BCUT2D eigenvalue weighted by molar-refractivity contribution is 0.669. The first-order chi connectivity index (χ1) is 31.2. The molecule has 0 aliphatic carbocycles. The monoisotopic (exact) mass is 804 g/mol. The summed E-state index contributed by atoms with van der Waals surface area (Å²) >= 11 is 0. The average molecular weight is 805 g/mol. The van der Waals surface area contributed by atoms with Gasteiger partial charge in [-0.05, 0) is 129 Å². The molecular formula is C60H40N2O. The third-order valence-electron chi connectivity index (χ3n) is 12.4. The van der Waals surface area contributed by atoms with Crippen molar-refractivity contribution in [2.24, 2.45) is 0 Å². The van der Waals surface area contributed by atoms with Gasteiger partial charge < -0.3 is 13.9 Å². The molecule has 0 aliphatic rings. The van der Waals surface area contributed by atoms with E-state index < -0.39 is 0 Å². The third-order valence-corrected chi connectivity index (χ3v) is 12.4. The van der Waals surface area contributed by atoms with Crippen molar-refractivity contribution in [3.63, 3.8) is 0 Å². The van der Waals surface area contributed by atoms with Crippen LogP contribution in [-0.2, 0) is 0 Å². The Morgan fingerprint density at radius 2 is 0.825 bits per heavy atom. The number of nitrogens with zero attached hydrogens (tertiary/aromatic N) is 2. The van der Waals surface area contributed by atoms with Crippen LogP contribution in [0.5, 0.6) is 0 Å². The van der Waals surface area contributed by atoms with Crippen molar-refractivity contribution in [3.8, 4) is 50.2 Å². The molecule has 0 amide bonds. The molecule has 2 aromatic heterocycles.